The van der Waals surface area contributed by atoms with E-state index >= 15 is 0 Å². The van der Waals surface area contributed by atoms with Crippen LogP contribution in [0.2, 0.25) is 0 Å². The van der Waals surface area contributed by atoms with Gasteiger partial charge in [0.05, 0.1) is 0 Å². The minimum Gasteiger partial charge on any atom is -0.621 e. The van der Waals surface area contributed by atoms with Crippen molar-refractivity contribution in [3.05, 3.63) is 29.1 Å². The third-order valence-corrected chi connectivity index (χ3v) is 2.31. The van der Waals surface area contributed by atoms with Gasteiger partial charge in [0.15, 0.2) is 17.5 Å². The Morgan fingerprint density at radius 3 is 1.42 bits per heavy atom. The maximum absolute atomic E-state index is 13.3. The van der Waals surface area contributed by atoms with Gasteiger partial charge >= 0.3 is 18.7 Å². The van der Waals surface area contributed by atoms with Gasteiger partial charge in [0.1, 0.15) is 11.6 Å². The van der Waals surface area contributed by atoms with E-state index < -0.39 is 53.2 Å². The normalized spacial score (nSPS) is 17.4. The summed E-state index contributed by atoms with van der Waals surface area (Å²) in [4.78, 5) is 21.3. The largest absolute Gasteiger partial charge is 0.621 e. The summed E-state index contributed by atoms with van der Waals surface area (Å²) >= 11 is 0. The van der Waals surface area contributed by atoms with Gasteiger partial charge in [-0.25, -0.2) is 31.5 Å². The molecule has 2 rings (SSSR count). The van der Waals surface area contributed by atoms with Gasteiger partial charge in [-0.3, -0.25) is 0 Å². The fourth-order valence-electron chi connectivity index (χ4n) is 1.47. The molecule has 11 heteroatoms. The first-order valence-corrected chi connectivity index (χ1v) is 4.53. The van der Waals surface area contributed by atoms with Crippen LogP contribution in [0.5, 0.6) is 0 Å². The molecule has 0 bridgehead atoms. The van der Waals surface area contributed by atoms with Crippen LogP contribution in [-0.4, -0.2) is 23.7 Å². The maximum Gasteiger partial charge on any atom is 0.531 e. The van der Waals surface area contributed by atoms with E-state index in [2.05, 4.69) is 9.31 Å². The molecule has 1 N–H and O–H groups in total. The van der Waals surface area contributed by atoms with Crippen LogP contribution in [0.4, 0.5) is 22.0 Å². The molecule has 5 nitrogen and oxygen atoms in total. The standard InChI is InChI=1S/C8HBF5O5/c10-2-1(3(11)5(13)6(14)4(2)12)9(17)18-7(15)8(16)19-9/h17H/q-1. The van der Waals surface area contributed by atoms with Crippen LogP contribution in [0, 0.1) is 29.1 Å². The Morgan fingerprint density at radius 1 is 0.737 bits per heavy atom. The van der Waals surface area contributed by atoms with Gasteiger partial charge in [-0.15, -0.1) is 0 Å². The molecule has 1 fully saturated rings. The van der Waals surface area contributed by atoms with Crippen LogP contribution in [0.3, 0.4) is 0 Å². The van der Waals surface area contributed by atoms with E-state index in [1.807, 2.05) is 0 Å². The summed E-state index contributed by atoms with van der Waals surface area (Å²) in [5, 5.41) is 9.45. The molecule has 102 valence electrons. The van der Waals surface area contributed by atoms with Crippen molar-refractivity contribution in [1.82, 2.24) is 0 Å². The topological polar surface area (TPSA) is 72.8 Å². The number of rotatable bonds is 1. The van der Waals surface area contributed by atoms with E-state index in [1.165, 1.54) is 0 Å². The molecule has 1 saturated heterocycles. The van der Waals surface area contributed by atoms with E-state index in [9.17, 15) is 36.6 Å². The highest BCUT2D eigenvalue weighted by molar-refractivity contribution is 6.81. The number of carbonyl (C=O) groups excluding carboxylic acids is 2. The molecule has 1 aliphatic rings. The molecule has 0 aliphatic carbocycles. The predicted molar refractivity (Wildman–Crippen MR) is 46.0 cm³/mol. The van der Waals surface area contributed by atoms with Crippen molar-refractivity contribution in [3.8, 4) is 0 Å². The first kappa shape index (κ1) is 13.3. The average Bonchev–Trinajstić information content (AvgIpc) is 2.59. The average molecular weight is 283 g/mol. The lowest BCUT2D eigenvalue weighted by molar-refractivity contribution is -0.150. The zero-order chi connectivity index (χ0) is 14.5. The second-order valence-electron chi connectivity index (χ2n) is 3.47. The number of hydrogen-bond donors (Lipinski definition) is 1. The Balaban J connectivity index is 2.71. The lowest BCUT2D eigenvalue weighted by Gasteiger charge is -2.27. The zero-order valence-corrected chi connectivity index (χ0v) is 8.55. The van der Waals surface area contributed by atoms with Gasteiger partial charge in [-0.1, -0.05) is 0 Å². The van der Waals surface area contributed by atoms with Gasteiger partial charge in [0.25, 0.3) is 0 Å². The summed E-state index contributed by atoms with van der Waals surface area (Å²) in [6, 6.07) is 0. The summed E-state index contributed by atoms with van der Waals surface area (Å²) in [6.07, 6.45) is 0. The molecule has 1 aromatic rings. The predicted octanol–water partition coefficient (Wildman–Crippen LogP) is -0.380. The lowest BCUT2D eigenvalue weighted by Crippen LogP contribution is -2.55. The molecule has 1 heterocycles. The molecular formula is C8HBF5O5-. The highest BCUT2D eigenvalue weighted by Gasteiger charge is 2.49. The Kier molecular flexibility index (Phi) is 2.73. The highest BCUT2D eigenvalue weighted by atomic mass is 19.2. The van der Waals surface area contributed by atoms with E-state index in [4.69, 9.17) is 0 Å². The molecular weight excluding hydrogens is 282 g/mol. The van der Waals surface area contributed by atoms with Gasteiger partial charge in [0, 0.05) is 0 Å². The van der Waals surface area contributed by atoms with Crippen molar-refractivity contribution in [1.29, 1.82) is 0 Å². The van der Waals surface area contributed by atoms with Crippen molar-refractivity contribution >= 4 is 24.2 Å². The molecule has 0 aromatic heterocycles. The number of halogens is 5. The minimum atomic E-state index is -4.45. The lowest BCUT2D eigenvalue weighted by atomic mass is 9.69. The van der Waals surface area contributed by atoms with Crippen molar-refractivity contribution < 1.29 is 45.9 Å². The molecule has 19 heavy (non-hydrogen) atoms. The van der Waals surface area contributed by atoms with Crippen molar-refractivity contribution in [2.45, 2.75) is 0 Å². The molecule has 0 spiro atoms. The maximum atomic E-state index is 13.3. The monoisotopic (exact) mass is 283 g/mol. The molecule has 0 amide bonds. The van der Waals surface area contributed by atoms with Crippen LogP contribution in [-0.2, 0) is 18.9 Å². The summed E-state index contributed by atoms with van der Waals surface area (Å²) in [7, 11) is 0. The first-order chi connectivity index (χ1) is 8.69. The van der Waals surface area contributed by atoms with E-state index in [0.29, 0.717) is 0 Å². The second-order valence-corrected chi connectivity index (χ2v) is 3.47. The summed E-state index contributed by atoms with van der Waals surface area (Å²) in [5.41, 5.74) is -1.93. The van der Waals surface area contributed by atoms with E-state index in [1.54, 1.807) is 0 Å². The third-order valence-electron chi connectivity index (χ3n) is 2.31. The van der Waals surface area contributed by atoms with Crippen LogP contribution in [0.25, 0.3) is 0 Å². The molecule has 0 unspecified atom stereocenters. The SMILES string of the molecule is O=C1O[B-](O)(c2c(F)c(F)c(F)c(F)c2F)OC1=O. The summed E-state index contributed by atoms with van der Waals surface area (Å²) in [6.45, 7) is -4.45. The summed E-state index contributed by atoms with van der Waals surface area (Å²) < 4.78 is 72.8. The molecule has 0 atom stereocenters. The first-order valence-electron chi connectivity index (χ1n) is 4.53. The summed E-state index contributed by atoms with van der Waals surface area (Å²) in [5.74, 6) is -15.8. The van der Waals surface area contributed by atoms with Crippen molar-refractivity contribution in [2.75, 3.05) is 0 Å². The number of hydrogen-bond acceptors (Lipinski definition) is 5. The van der Waals surface area contributed by atoms with Crippen LogP contribution < -0.4 is 5.46 Å². The Morgan fingerprint density at radius 2 is 1.05 bits per heavy atom. The van der Waals surface area contributed by atoms with Crippen LogP contribution in [0.15, 0.2) is 0 Å². The Hall–Kier alpha value is -2.17. The fraction of sp³-hybridized carbons (Fsp3) is 0. The molecule has 1 aliphatic heterocycles. The number of benzene rings is 1. The van der Waals surface area contributed by atoms with Crippen molar-refractivity contribution in [2.24, 2.45) is 0 Å². The Bertz CT molecular complexity index is 573. The fourth-order valence-corrected chi connectivity index (χ4v) is 1.47. The zero-order valence-electron chi connectivity index (χ0n) is 8.55. The highest BCUT2D eigenvalue weighted by Crippen LogP contribution is 2.22. The molecule has 1 aromatic carbocycles. The quantitative estimate of drug-likeness (QED) is 0.250. The van der Waals surface area contributed by atoms with Gasteiger partial charge in [-0.05, 0) is 5.46 Å². The second kappa shape index (κ2) is 3.92. The van der Waals surface area contributed by atoms with E-state index in [0.717, 1.165) is 0 Å². The van der Waals surface area contributed by atoms with E-state index in [-0.39, 0.29) is 0 Å². The van der Waals surface area contributed by atoms with Gasteiger partial charge < -0.3 is 14.3 Å². The smallest absolute Gasteiger partial charge is 0.531 e. The third kappa shape index (κ3) is 1.73. The van der Waals surface area contributed by atoms with Crippen LogP contribution >= 0.6 is 0 Å². The Labute approximate surface area is 100 Å². The van der Waals surface area contributed by atoms with Gasteiger partial charge in [-0.2, -0.15) is 0 Å². The van der Waals surface area contributed by atoms with Crippen molar-refractivity contribution in [3.63, 3.8) is 0 Å². The molecule has 0 saturated carbocycles. The minimum absolute atomic E-state index is 1.83. The van der Waals surface area contributed by atoms with Crippen LogP contribution in [0.1, 0.15) is 0 Å². The number of carbonyl (C=O) groups is 2. The van der Waals surface area contributed by atoms with Gasteiger partial charge in [0.2, 0.25) is 0 Å². The molecule has 0 radical (unpaired) electrons.